The van der Waals surface area contributed by atoms with Crippen LogP contribution in [0.3, 0.4) is 0 Å². The van der Waals surface area contributed by atoms with Gasteiger partial charge >= 0.3 is 19.8 Å². The lowest BCUT2D eigenvalue weighted by atomic mass is 9.80. The highest BCUT2D eigenvalue weighted by molar-refractivity contribution is 7.46. The van der Waals surface area contributed by atoms with E-state index in [4.69, 9.17) is 23.5 Å². The molecule has 0 aliphatic carbocycles. The van der Waals surface area contributed by atoms with Crippen LogP contribution >= 0.6 is 7.82 Å². The van der Waals surface area contributed by atoms with Crippen molar-refractivity contribution in [3.8, 4) is 0 Å². The Kier molecular flexibility index (Phi) is 36.6. The minimum atomic E-state index is -5.36. The molecule has 2 amide bonds. The Morgan fingerprint density at radius 3 is 1.61 bits per heavy atom. The number of phosphoric ester groups is 1. The molecular weight excluding hydrogens is 1010 g/mol. The Hall–Kier alpha value is -2.37. The zero-order valence-corrected chi connectivity index (χ0v) is 47.0. The van der Waals surface area contributed by atoms with Crippen LogP contribution in [0.1, 0.15) is 233 Å². The van der Waals surface area contributed by atoms with Crippen molar-refractivity contribution in [3.05, 3.63) is 0 Å². The highest BCUT2D eigenvalue weighted by atomic mass is 31.2. The van der Waals surface area contributed by atoms with Crippen molar-refractivity contribution in [2.45, 2.75) is 306 Å². The molecule has 0 aromatic heterocycles. The Balaban J connectivity index is 2.20. The fourth-order valence-electron chi connectivity index (χ4n) is 10.1. The summed E-state index contributed by atoms with van der Waals surface area (Å²) in [6.07, 6.45) is 9.16. The third-order valence-electron chi connectivity index (χ3n) is 14.5. The number of amides is 2. The number of hydrogen-bond donors (Lipinski definition) is 11. The summed E-state index contributed by atoms with van der Waals surface area (Å²) in [5.74, 6) is -3.78. The van der Waals surface area contributed by atoms with E-state index in [2.05, 4.69) is 31.4 Å². The van der Waals surface area contributed by atoms with Gasteiger partial charge in [0.25, 0.3) is 0 Å². The molecule has 0 spiro atoms. The van der Waals surface area contributed by atoms with Crippen LogP contribution in [0.4, 0.5) is 0 Å². The van der Waals surface area contributed by atoms with Crippen molar-refractivity contribution in [1.82, 2.24) is 10.6 Å². The molecule has 2 fully saturated rings. The molecule has 446 valence electrons. The molecule has 0 unspecified atom stereocenters. The molecule has 0 aromatic carbocycles. The van der Waals surface area contributed by atoms with Crippen LogP contribution < -0.4 is 10.6 Å². The van der Waals surface area contributed by atoms with Gasteiger partial charge in [0.15, 0.2) is 12.6 Å². The van der Waals surface area contributed by atoms with E-state index in [9.17, 15) is 69.3 Å². The number of aliphatic hydroxyl groups is 6. The molecule has 12 atom stereocenters. The lowest BCUT2D eigenvalue weighted by Crippen LogP contribution is -2.74. The quantitative estimate of drug-likeness (QED) is 0.0173. The lowest BCUT2D eigenvalue weighted by molar-refractivity contribution is -0.310. The molecule has 2 aliphatic heterocycles. The first-order valence-corrected chi connectivity index (χ1v) is 30.5. The van der Waals surface area contributed by atoms with Crippen LogP contribution in [0.2, 0.25) is 0 Å². The summed E-state index contributed by atoms with van der Waals surface area (Å²) in [5.41, 5.74) is -2.51. The third kappa shape index (κ3) is 28.2. The number of rotatable bonds is 45. The van der Waals surface area contributed by atoms with E-state index in [1.165, 1.54) is 64.2 Å². The number of hydrogen-bond acceptors (Lipinski definition) is 16. The first kappa shape index (κ1) is 69.7. The number of carbonyl (C=O) groups is 4. The van der Waals surface area contributed by atoms with E-state index in [0.717, 1.165) is 89.9 Å². The minimum Gasteiger partial charge on any atom is -0.481 e. The first-order valence-electron chi connectivity index (χ1n) is 29.0. The van der Waals surface area contributed by atoms with Crippen molar-refractivity contribution in [1.29, 1.82) is 0 Å². The molecule has 2 aliphatic rings. The molecule has 0 saturated carbocycles. The summed E-state index contributed by atoms with van der Waals surface area (Å²) in [6.45, 7) is 4.69. The van der Waals surface area contributed by atoms with E-state index in [0.29, 0.717) is 25.7 Å². The molecule has 22 heteroatoms. The minimum absolute atomic E-state index is 0.158. The number of ether oxygens (including phenoxy) is 4. The Morgan fingerprint density at radius 1 is 0.632 bits per heavy atom. The van der Waals surface area contributed by atoms with E-state index in [1.54, 1.807) is 0 Å². The largest absolute Gasteiger partial charge is 0.481 e. The van der Waals surface area contributed by atoms with E-state index < -0.39 is 131 Å². The zero-order valence-electron chi connectivity index (χ0n) is 46.2. The molecule has 0 aromatic rings. The van der Waals surface area contributed by atoms with Gasteiger partial charge in [0.2, 0.25) is 11.8 Å². The topological polar surface area (TPSA) is 338 Å². The number of phosphoric acid groups is 1. The van der Waals surface area contributed by atoms with Gasteiger partial charge in [-0.1, -0.05) is 181 Å². The summed E-state index contributed by atoms with van der Waals surface area (Å²) in [6, 6.07) is -1.72. The summed E-state index contributed by atoms with van der Waals surface area (Å²) in [7, 11) is -5.36. The second-order valence-corrected chi connectivity index (χ2v) is 22.5. The number of unbranched alkanes of at least 4 members (excludes halogenated alkanes) is 24. The van der Waals surface area contributed by atoms with Crippen LogP contribution in [0.15, 0.2) is 0 Å². The first-order chi connectivity index (χ1) is 36.3. The van der Waals surface area contributed by atoms with Gasteiger partial charge < -0.3 is 75.1 Å². The van der Waals surface area contributed by atoms with Crippen molar-refractivity contribution >= 4 is 31.6 Å². The van der Waals surface area contributed by atoms with Gasteiger partial charge in [-0.15, -0.1) is 0 Å². The molecule has 11 N–H and O–H groups in total. The van der Waals surface area contributed by atoms with Crippen LogP contribution in [0.5, 0.6) is 0 Å². The molecule has 2 heterocycles. The fraction of sp³-hybridized carbons (Fsp3) is 0.926. The number of nitrogens with one attached hydrogen (secondary N) is 2. The smallest absolute Gasteiger partial charge is 0.470 e. The van der Waals surface area contributed by atoms with Gasteiger partial charge in [-0.05, 0) is 25.7 Å². The number of aliphatic carboxylic acids is 1. The zero-order chi connectivity index (χ0) is 56.4. The summed E-state index contributed by atoms with van der Waals surface area (Å²) < 4.78 is 39.9. The van der Waals surface area contributed by atoms with Crippen molar-refractivity contribution in [3.63, 3.8) is 0 Å². The third-order valence-corrected chi connectivity index (χ3v) is 15.1. The normalized spacial score (nSPS) is 25.7. The number of carbonyl (C=O) groups excluding carboxylic acids is 3. The molecule has 0 bridgehead atoms. The standard InChI is InChI=1S/C54H101N2O19P/c1-4-7-10-13-16-19-22-25-28-31-39(58)34-44(60)56-54(36-45(61)62)51(66)48(64)42(74-53(54)67)38-71-52-47(49(65)50(41(37-57)73-52)75-76(68,69)70)55-43(59)35-40(32-29-26-23-20-17-14-11-8-5-2)72-46(63)33-30-27-24-21-18-15-12-9-6-3/h39-42,47-53,57-58,64-67H,4-38H2,1-3H3,(H,55,59)(H,56,60)(H,61,62)(H2,68,69,70)/t39-,40-,41-,42-,47-,48-,49-,50-,51+,52-,53+,54-/m1/s1. The summed E-state index contributed by atoms with van der Waals surface area (Å²) >= 11 is 0. The molecule has 0 radical (unpaired) electrons. The highest BCUT2D eigenvalue weighted by Gasteiger charge is 2.58. The summed E-state index contributed by atoms with van der Waals surface area (Å²) in [5, 5.41) is 81.2. The summed E-state index contributed by atoms with van der Waals surface area (Å²) in [4.78, 5) is 71.8. The average molecular weight is 1110 g/mol. The van der Waals surface area contributed by atoms with Crippen LogP contribution in [0.25, 0.3) is 0 Å². The SMILES string of the molecule is CCCCCCCCCCCC(=O)O[C@H](CCCCCCCCCCC)CC(=O)N[C@H]1[C@H](OC[C@H]2O[C@H](O)[C@](CC(=O)O)(NC(=O)C[C@H](O)CCCCCCCCCCC)[C@@H](O)[C@@H]2O)O[C@H](CO)[C@@H](OP(=O)(O)O)[C@@H]1O. The van der Waals surface area contributed by atoms with Crippen LogP contribution in [-0.4, -0.2) is 155 Å². The fourth-order valence-corrected chi connectivity index (χ4v) is 10.7. The highest BCUT2D eigenvalue weighted by Crippen LogP contribution is 2.42. The molecule has 2 rings (SSSR count). The second kappa shape index (κ2) is 39.9. The number of aliphatic hydroxyl groups excluding tert-OH is 6. The van der Waals surface area contributed by atoms with Crippen LogP contribution in [0, 0.1) is 0 Å². The van der Waals surface area contributed by atoms with Gasteiger partial charge in [-0.2, -0.15) is 0 Å². The lowest BCUT2D eigenvalue weighted by Gasteiger charge is -2.49. The van der Waals surface area contributed by atoms with Gasteiger partial charge in [-0.3, -0.25) is 23.7 Å². The Morgan fingerprint density at radius 2 is 1.12 bits per heavy atom. The second-order valence-electron chi connectivity index (χ2n) is 21.3. The van der Waals surface area contributed by atoms with Gasteiger partial charge in [0, 0.05) is 6.42 Å². The number of carboxylic acids is 1. The molecule has 21 nitrogen and oxygen atoms in total. The van der Waals surface area contributed by atoms with Gasteiger partial charge in [0.1, 0.15) is 54.3 Å². The molecular formula is C54H101N2O19P. The van der Waals surface area contributed by atoms with Gasteiger partial charge in [0.05, 0.1) is 38.6 Å². The predicted molar refractivity (Wildman–Crippen MR) is 283 cm³/mol. The van der Waals surface area contributed by atoms with Crippen LogP contribution in [-0.2, 0) is 47.2 Å². The van der Waals surface area contributed by atoms with Gasteiger partial charge in [-0.25, -0.2) is 4.57 Å². The van der Waals surface area contributed by atoms with Crippen molar-refractivity contribution < 1.29 is 92.7 Å². The Bertz CT molecular complexity index is 1630. The predicted octanol–water partition coefficient (Wildman–Crippen LogP) is 6.63. The Labute approximate surface area is 452 Å². The van der Waals surface area contributed by atoms with E-state index in [-0.39, 0.29) is 19.3 Å². The number of esters is 1. The number of carboxylic acid groups (broad SMARTS) is 1. The van der Waals surface area contributed by atoms with Crippen molar-refractivity contribution in [2.75, 3.05) is 13.2 Å². The molecule has 2 saturated heterocycles. The van der Waals surface area contributed by atoms with E-state index in [1.807, 2.05) is 0 Å². The average Bonchev–Trinajstić information content (AvgIpc) is 3.35. The monoisotopic (exact) mass is 1110 g/mol. The van der Waals surface area contributed by atoms with Crippen molar-refractivity contribution in [2.24, 2.45) is 0 Å². The maximum absolute atomic E-state index is 13.9. The molecule has 76 heavy (non-hydrogen) atoms. The maximum atomic E-state index is 13.9. The maximum Gasteiger partial charge on any atom is 0.470 e. The van der Waals surface area contributed by atoms with E-state index >= 15 is 0 Å².